The smallest absolute Gasteiger partial charge is 0.295 e. The van der Waals surface area contributed by atoms with E-state index in [9.17, 15) is 14.7 Å². The van der Waals surface area contributed by atoms with Crippen LogP contribution in [0.25, 0.3) is 5.76 Å². The van der Waals surface area contributed by atoms with E-state index in [1.54, 1.807) is 36.3 Å². The van der Waals surface area contributed by atoms with E-state index in [-0.39, 0.29) is 11.3 Å². The predicted octanol–water partition coefficient (Wildman–Crippen LogP) is 3.80. The summed E-state index contributed by atoms with van der Waals surface area (Å²) in [4.78, 5) is 34.4. The van der Waals surface area contributed by atoms with Gasteiger partial charge < -0.3 is 24.2 Å². The van der Waals surface area contributed by atoms with E-state index in [0.29, 0.717) is 55.4 Å². The number of rotatable bonds is 12. The van der Waals surface area contributed by atoms with Crippen LogP contribution in [0.5, 0.6) is 11.5 Å². The molecule has 0 radical (unpaired) electrons. The molecule has 38 heavy (non-hydrogen) atoms. The number of carbonyl (C=O) groups is 2. The van der Waals surface area contributed by atoms with Gasteiger partial charge in [-0.2, -0.15) is 0 Å². The standard InChI is InChI=1S/C29H37N3O6/c1-3-4-5-17-38-23-8-7-22(20-24(23)36-2)26-25(27(33)21-9-11-30-12-10-21)28(34)29(35)32(26)14-6-13-31-15-18-37-19-16-31/h7-12,20,26,33H,3-6,13-19H2,1-2H3. The van der Waals surface area contributed by atoms with Gasteiger partial charge in [0.1, 0.15) is 5.76 Å². The van der Waals surface area contributed by atoms with Crippen molar-refractivity contribution in [1.82, 2.24) is 14.8 Å². The molecule has 1 N–H and O–H groups in total. The van der Waals surface area contributed by atoms with Gasteiger partial charge in [0, 0.05) is 44.1 Å². The fourth-order valence-electron chi connectivity index (χ4n) is 4.92. The number of ether oxygens (including phenoxy) is 3. The second-order valence-electron chi connectivity index (χ2n) is 9.50. The van der Waals surface area contributed by atoms with Crippen LogP contribution in [0.15, 0.2) is 48.3 Å². The normalized spacial score (nSPS) is 19.6. The predicted molar refractivity (Wildman–Crippen MR) is 143 cm³/mol. The molecule has 1 aromatic carbocycles. The van der Waals surface area contributed by atoms with Crippen molar-refractivity contribution in [3.8, 4) is 11.5 Å². The number of likely N-dealkylation sites (tertiary alicyclic amines) is 1. The van der Waals surface area contributed by atoms with Crippen molar-refractivity contribution in [2.75, 3.05) is 53.1 Å². The molecule has 1 unspecified atom stereocenters. The number of benzene rings is 1. The van der Waals surface area contributed by atoms with E-state index in [4.69, 9.17) is 14.2 Å². The molecule has 9 heteroatoms. The largest absolute Gasteiger partial charge is 0.507 e. The number of hydrogen-bond acceptors (Lipinski definition) is 8. The van der Waals surface area contributed by atoms with Crippen LogP contribution in [-0.2, 0) is 14.3 Å². The zero-order chi connectivity index (χ0) is 26.9. The molecule has 2 aliphatic heterocycles. The maximum Gasteiger partial charge on any atom is 0.295 e. The third kappa shape index (κ3) is 6.34. The lowest BCUT2D eigenvalue weighted by molar-refractivity contribution is -0.140. The van der Waals surface area contributed by atoms with Crippen LogP contribution < -0.4 is 9.47 Å². The van der Waals surface area contributed by atoms with Gasteiger partial charge in [0.05, 0.1) is 38.5 Å². The van der Waals surface area contributed by atoms with Crippen LogP contribution in [0, 0.1) is 0 Å². The molecular formula is C29H37N3O6. The Bertz CT molecular complexity index is 1130. The zero-order valence-electron chi connectivity index (χ0n) is 22.2. The molecule has 2 fully saturated rings. The molecular weight excluding hydrogens is 486 g/mol. The second-order valence-corrected chi connectivity index (χ2v) is 9.50. The maximum absolute atomic E-state index is 13.3. The van der Waals surface area contributed by atoms with Crippen molar-refractivity contribution >= 4 is 17.4 Å². The number of hydrogen-bond donors (Lipinski definition) is 1. The third-order valence-corrected chi connectivity index (χ3v) is 6.98. The zero-order valence-corrected chi connectivity index (χ0v) is 22.2. The van der Waals surface area contributed by atoms with Gasteiger partial charge in [0.25, 0.3) is 11.7 Å². The summed E-state index contributed by atoms with van der Waals surface area (Å²) in [6, 6.07) is 7.91. The fraction of sp³-hybridized carbons (Fsp3) is 0.483. The first kappa shape index (κ1) is 27.6. The van der Waals surface area contributed by atoms with Gasteiger partial charge in [-0.3, -0.25) is 19.5 Å². The van der Waals surface area contributed by atoms with E-state index in [0.717, 1.165) is 38.9 Å². The first-order valence-electron chi connectivity index (χ1n) is 13.3. The molecule has 9 nitrogen and oxygen atoms in total. The highest BCUT2D eigenvalue weighted by atomic mass is 16.5. The summed E-state index contributed by atoms with van der Waals surface area (Å²) in [5, 5.41) is 11.2. The highest BCUT2D eigenvalue weighted by Crippen LogP contribution is 2.42. The molecule has 0 saturated carbocycles. The van der Waals surface area contributed by atoms with E-state index in [2.05, 4.69) is 16.8 Å². The minimum Gasteiger partial charge on any atom is -0.507 e. The van der Waals surface area contributed by atoms with Crippen LogP contribution >= 0.6 is 0 Å². The van der Waals surface area contributed by atoms with Crippen molar-refractivity contribution in [3.05, 3.63) is 59.4 Å². The van der Waals surface area contributed by atoms with Gasteiger partial charge >= 0.3 is 0 Å². The molecule has 2 aromatic rings. The quantitative estimate of drug-likeness (QED) is 0.194. The average molecular weight is 524 g/mol. The summed E-state index contributed by atoms with van der Waals surface area (Å²) < 4.78 is 17.0. The number of Topliss-reactive ketones (excluding diaryl/α,β-unsaturated/α-hetero) is 1. The van der Waals surface area contributed by atoms with Crippen molar-refractivity contribution in [1.29, 1.82) is 0 Å². The number of ketones is 1. The van der Waals surface area contributed by atoms with Crippen LogP contribution in [0.4, 0.5) is 0 Å². The Hall–Kier alpha value is -3.43. The number of carbonyl (C=O) groups excluding carboxylic acids is 2. The highest BCUT2D eigenvalue weighted by molar-refractivity contribution is 6.46. The van der Waals surface area contributed by atoms with Crippen LogP contribution in [0.1, 0.15) is 49.8 Å². The Kier molecular flexibility index (Phi) is 9.73. The monoisotopic (exact) mass is 523 g/mol. The Labute approximate surface area is 224 Å². The Morgan fingerprint density at radius 1 is 1.05 bits per heavy atom. The van der Waals surface area contributed by atoms with Gasteiger partial charge in [0.2, 0.25) is 0 Å². The van der Waals surface area contributed by atoms with Gasteiger partial charge in [-0.1, -0.05) is 25.8 Å². The Morgan fingerprint density at radius 3 is 2.53 bits per heavy atom. The Balaban J connectivity index is 1.65. The minimum absolute atomic E-state index is 0.0613. The van der Waals surface area contributed by atoms with Crippen LogP contribution in [-0.4, -0.2) is 84.7 Å². The SMILES string of the molecule is CCCCCOc1ccc(C2C(=C(O)c3ccncc3)C(=O)C(=O)N2CCCN2CCOCC2)cc1OC. The van der Waals surface area contributed by atoms with Gasteiger partial charge in [-0.05, 0) is 42.7 Å². The summed E-state index contributed by atoms with van der Waals surface area (Å²) in [5.74, 6) is -0.418. The molecule has 2 aliphatic rings. The van der Waals surface area contributed by atoms with Crippen LogP contribution in [0.3, 0.4) is 0 Å². The number of aliphatic hydroxyl groups is 1. The number of nitrogens with zero attached hydrogens (tertiary/aromatic N) is 3. The number of aromatic nitrogens is 1. The maximum atomic E-state index is 13.3. The van der Waals surface area contributed by atoms with E-state index in [1.807, 2.05) is 6.07 Å². The van der Waals surface area contributed by atoms with Gasteiger partial charge in [-0.15, -0.1) is 0 Å². The summed E-state index contributed by atoms with van der Waals surface area (Å²) in [5.41, 5.74) is 1.16. The number of amides is 1. The topological polar surface area (TPSA) is 101 Å². The number of unbranched alkanes of at least 4 members (excludes halogenated alkanes) is 2. The lowest BCUT2D eigenvalue weighted by Gasteiger charge is -2.29. The number of aliphatic hydroxyl groups excluding tert-OH is 1. The molecule has 204 valence electrons. The van der Waals surface area contributed by atoms with Crippen molar-refractivity contribution in [3.63, 3.8) is 0 Å². The second kappa shape index (κ2) is 13.4. The van der Waals surface area contributed by atoms with Crippen molar-refractivity contribution in [2.45, 2.75) is 38.6 Å². The summed E-state index contributed by atoms with van der Waals surface area (Å²) in [6.07, 6.45) is 6.88. The highest BCUT2D eigenvalue weighted by Gasteiger charge is 2.46. The van der Waals surface area contributed by atoms with Crippen molar-refractivity contribution in [2.24, 2.45) is 0 Å². The number of methoxy groups -OCH3 is 1. The van der Waals surface area contributed by atoms with E-state index in [1.165, 1.54) is 12.4 Å². The Morgan fingerprint density at radius 2 is 1.82 bits per heavy atom. The summed E-state index contributed by atoms with van der Waals surface area (Å²) >= 11 is 0. The molecule has 1 aromatic heterocycles. The van der Waals surface area contributed by atoms with Gasteiger partial charge in [0.15, 0.2) is 11.5 Å². The number of morpholine rings is 1. The first-order chi connectivity index (χ1) is 18.5. The summed E-state index contributed by atoms with van der Waals surface area (Å²) in [7, 11) is 1.56. The minimum atomic E-state index is -0.754. The molecule has 3 heterocycles. The third-order valence-electron chi connectivity index (χ3n) is 6.98. The van der Waals surface area contributed by atoms with E-state index < -0.39 is 17.7 Å². The molecule has 2 saturated heterocycles. The molecule has 4 rings (SSSR count). The number of pyridine rings is 1. The fourth-order valence-corrected chi connectivity index (χ4v) is 4.92. The molecule has 0 spiro atoms. The van der Waals surface area contributed by atoms with Crippen molar-refractivity contribution < 1.29 is 28.9 Å². The molecule has 0 bridgehead atoms. The molecule has 1 amide bonds. The van der Waals surface area contributed by atoms with E-state index >= 15 is 0 Å². The summed E-state index contributed by atoms with van der Waals surface area (Å²) in [6.45, 7) is 6.97. The molecule has 0 aliphatic carbocycles. The first-order valence-corrected chi connectivity index (χ1v) is 13.3. The van der Waals surface area contributed by atoms with Gasteiger partial charge in [-0.25, -0.2) is 0 Å². The van der Waals surface area contributed by atoms with Crippen LogP contribution in [0.2, 0.25) is 0 Å². The lowest BCUT2D eigenvalue weighted by atomic mass is 9.95. The average Bonchev–Trinajstić information content (AvgIpc) is 3.21. The lowest BCUT2D eigenvalue weighted by Crippen LogP contribution is -2.39. The molecule has 1 atom stereocenters.